The van der Waals surface area contributed by atoms with Crippen LogP contribution in [0.15, 0.2) is 24.3 Å². The molecule has 0 spiro atoms. The summed E-state index contributed by atoms with van der Waals surface area (Å²) in [4.78, 5) is 0. The van der Waals surface area contributed by atoms with Crippen LogP contribution in [0.2, 0.25) is 0 Å². The molecule has 15 heavy (non-hydrogen) atoms. The molecular formula is C14H19N. The predicted octanol–water partition coefficient (Wildman–Crippen LogP) is 3.10. The molecule has 0 atom stereocenters. The molecular weight excluding hydrogens is 182 g/mol. The van der Waals surface area contributed by atoms with Crippen LogP contribution in [-0.2, 0) is 6.42 Å². The zero-order valence-corrected chi connectivity index (χ0v) is 9.59. The van der Waals surface area contributed by atoms with Gasteiger partial charge < -0.3 is 5.73 Å². The van der Waals surface area contributed by atoms with Crippen LogP contribution < -0.4 is 5.73 Å². The van der Waals surface area contributed by atoms with Crippen LogP contribution in [0.25, 0.3) is 5.57 Å². The van der Waals surface area contributed by atoms with Gasteiger partial charge in [-0.15, -0.1) is 0 Å². The monoisotopic (exact) mass is 201 g/mol. The Morgan fingerprint density at radius 2 is 2.13 bits per heavy atom. The van der Waals surface area contributed by atoms with E-state index in [0.717, 1.165) is 12.8 Å². The Balaban J connectivity index is 2.46. The first-order valence-electron chi connectivity index (χ1n) is 5.74. The van der Waals surface area contributed by atoms with Crippen molar-refractivity contribution in [1.29, 1.82) is 0 Å². The lowest BCUT2D eigenvalue weighted by molar-refractivity contribution is 0.860. The van der Waals surface area contributed by atoms with E-state index >= 15 is 0 Å². The van der Waals surface area contributed by atoms with E-state index in [-0.39, 0.29) is 0 Å². The SMILES string of the molecule is CC(C)c1ccc2c(c1)C(CN)=CCC2. The zero-order chi connectivity index (χ0) is 10.8. The average molecular weight is 201 g/mol. The minimum Gasteiger partial charge on any atom is -0.326 e. The molecule has 1 nitrogen and oxygen atoms in total. The topological polar surface area (TPSA) is 26.0 Å². The highest BCUT2D eigenvalue weighted by Crippen LogP contribution is 2.28. The summed E-state index contributed by atoms with van der Waals surface area (Å²) in [5.74, 6) is 0.594. The van der Waals surface area contributed by atoms with Crippen LogP contribution in [0.3, 0.4) is 0 Å². The van der Waals surface area contributed by atoms with Crippen LogP contribution in [-0.4, -0.2) is 6.54 Å². The van der Waals surface area contributed by atoms with E-state index in [4.69, 9.17) is 5.73 Å². The lowest BCUT2D eigenvalue weighted by Gasteiger charge is -2.19. The highest BCUT2D eigenvalue weighted by molar-refractivity contribution is 5.71. The molecule has 0 aromatic heterocycles. The second-order valence-corrected chi connectivity index (χ2v) is 4.54. The minimum absolute atomic E-state index is 0.594. The highest BCUT2D eigenvalue weighted by Gasteiger charge is 2.12. The Morgan fingerprint density at radius 1 is 1.33 bits per heavy atom. The van der Waals surface area contributed by atoms with Gasteiger partial charge in [0.25, 0.3) is 0 Å². The molecule has 0 unspecified atom stereocenters. The molecule has 1 heteroatoms. The van der Waals surface area contributed by atoms with Gasteiger partial charge in [0.1, 0.15) is 0 Å². The molecule has 1 aliphatic carbocycles. The van der Waals surface area contributed by atoms with E-state index in [0.29, 0.717) is 12.5 Å². The van der Waals surface area contributed by atoms with Crippen LogP contribution >= 0.6 is 0 Å². The zero-order valence-electron chi connectivity index (χ0n) is 9.59. The number of aryl methyl sites for hydroxylation is 1. The average Bonchev–Trinajstić information content (AvgIpc) is 2.27. The summed E-state index contributed by atoms with van der Waals surface area (Å²) < 4.78 is 0. The maximum atomic E-state index is 5.78. The van der Waals surface area contributed by atoms with E-state index in [9.17, 15) is 0 Å². The molecule has 1 aromatic carbocycles. The molecule has 0 fully saturated rings. The molecule has 2 rings (SSSR count). The Kier molecular flexibility index (Phi) is 2.92. The van der Waals surface area contributed by atoms with Gasteiger partial charge in [0.15, 0.2) is 0 Å². The van der Waals surface area contributed by atoms with Crippen molar-refractivity contribution >= 4 is 5.57 Å². The first kappa shape index (κ1) is 10.4. The van der Waals surface area contributed by atoms with Crippen LogP contribution in [0, 0.1) is 0 Å². The maximum absolute atomic E-state index is 5.78. The van der Waals surface area contributed by atoms with Gasteiger partial charge in [0, 0.05) is 6.54 Å². The number of hydrogen-bond donors (Lipinski definition) is 1. The van der Waals surface area contributed by atoms with E-state index in [1.54, 1.807) is 0 Å². The van der Waals surface area contributed by atoms with Gasteiger partial charge in [-0.1, -0.05) is 38.1 Å². The Hall–Kier alpha value is -1.08. The molecule has 1 aromatic rings. The third-order valence-electron chi connectivity index (χ3n) is 3.17. The summed E-state index contributed by atoms with van der Waals surface area (Å²) in [7, 11) is 0. The number of allylic oxidation sites excluding steroid dienone is 1. The first-order chi connectivity index (χ1) is 7.22. The number of nitrogens with two attached hydrogens (primary N) is 1. The van der Waals surface area contributed by atoms with Crippen molar-refractivity contribution in [2.75, 3.05) is 6.54 Å². The van der Waals surface area contributed by atoms with E-state index in [2.05, 4.69) is 38.1 Å². The van der Waals surface area contributed by atoms with Crippen LogP contribution in [0.5, 0.6) is 0 Å². The van der Waals surface area contributed by atoms with E-state index < -0.39 is 0 Å². The number of benzene rings is 1. The smallest absolute Gasteiger partial charge is 0.0181 e. The van der Waals surface area contributed by atoms with Gasteiger partial charge in [-0.3, -0.25) is 0 Å². The van der Waals surface area contributed by atoms with Gasteiger partial charge in [0.2, 0.25) is 0 Å². The molecule has 0 saturated carbocycles. The fraction of sp³-hybridized carbons (Fsp3) is 0.429. The summed E-state index contributed by atoms with van der Waals surface area (Å²) in [5.41, 5.74) is 11.4. The second kappa shape index (κ2) is 4.19. The van der Waals surface area contributed by atoms with Crippen molar-refractivity contribution in [3.8, 4) is 0 Å². The molecule has 1 aliphatic rings. The quantitative estimate of drug-likeness (QED) is 0.781. The molecule has 80 valence electrons. The molecule has 0 bridgehead atoms. The van der Waals surface area contributed by atoms with Crippen molar-refractivity contribution in [1.82, 2.24) is 0 Å². The number of rotatable bonds is 2. The van der Waals surface area contributed by atoms with Crippen molar-refractivity contribution < 1.29 is 0 Å². The van der Waals surface area contributed by atoms with Crippen LogP contribution in [0.1, 0.15) is 42.9 Å². The van der Waals surface area contributed by atoms with Gasteiger partial charge in [-0.05, 0) is 41.0 Å². The Labute approximate surface area is 92.0 Å². The molecule has 2 N–H and O–H groups in total. The maximum Gasteiger partial charge on any atom is 0.0181 e. The van der Waals surface area contributed by atoms with Crippen molar-refractivity contribution in [2.45, 2.75) is 32.6 Å². The van der Waals surface area contributed by atoms with Crippen LogP contribution in [0.4, 0.5) is 0 Å². The molecule has 0 heterocycles. The summed E-state index contributed by atoms with van der Waals surface area (Å²) in [6.45, 7) is 5.13. The lowest BCUT2D eigenvalue weighted by atomic mass is 9.87. The summed E-state index contributed by atoms with van der Waals surface area (Å²) in [5, 5.41) is 0. The normalized spacial score (nSPS) is 15.1. The highest BCUT2D eigenvalue weighted by atomic mass is 14.5. The third kappa shape index (κ3) is 1.98. The molecule has 0 aliphatic heterocycles. The predicted molar refractivity (Wildman–Crippen MR) is 65.9 cm³/mol. The van der Waals surface area contributed by atoms with Crippen molar-refractivity contribution in [3.05, 3.63) is 41.0 Å². The van der Waals surface area contributed by atoms with E-state index in [1.807, 2.05) is 0 Å². The van der Waals surface area contributed by atoms with Crippen molar-refractivity contribution in [2.24, 2.45) is 5.73 Å². The fourth-order valence-electron chi connectivity index (χ4n) is 2.18. The largest absolute Gasteiger partial charge is 0.326 e. The summed E-state index contributed by atoms with van der Waals surface area (Å²) in [6, 6.07) is 6.84. The molecule has 0 radical (unpaired) electrons. The molecule has 0 saturated heterocycles. The van der Waals surface area contributed by atoms with Gasteiger partial charge in [0.05, 0.1) is 0 Å². The third-order valence-corrected chi connectivity index (χ3v) is 3.17. The summed E-state index contributed by atoms with van der Waals surface area (Å²) in [6.07, 6.45) is 4.59. The second-order valence-electron chi connectivity index (χ2n) is 4.54. The Bertz CT molecular complexity index is 388. The molecule has 0 amide bonds. The Morgan fingerprint density at radius 3 is 2.80 bits per heavy atom. The fourth-order valence-corrected chi connectivity index (χ4v) is 2.18. The number of hydrogen-bond acceptors (Lipinski definition) is 1. The van der Waals surface area contributed by atoms with Gasteiger partial charge in [-0.25, -0.2) is 0 Å². The first-order valence-corrected chi connectivity index (χ1v) is 5.74. The van der Waals surface area contributed by atoms with E-state index in [1.165, 1.54) is 22.3 Å². The minimum atomic E-state index is 0.594. The standard InChI is InChI=1S/C14H19N/c1-10(2)12-7-6-11-4-3-5-13(9-15)14(11)8-12/h5-8,10H,3-4,9,15H2,1-2H3. The van der Waals surface area contributed by atoms with Crippen molar-refractivity contribution in [3.63, 3.8) is 0 Å². The lowest BCUT2D eigenvalue weighted by Crippen LogP contribution is -2.09. The number of fused-ring (bicyclic) bond motifs is 1. The van der Waals surface area contributed by atoms with Gasteiger partial charge in [-0.2, -0.15) is 0 Å². The van der Waals surface area contributed by atoms with Gasteiger partial charge >= 0.3 is 0 Å². The summed E-state index contributed by atoms with van der Waals surface area (Å²) >= 11 is 0.